The molecule has 1 aliphatic rings. The van der Waals surface area contributed by atoms with E-state index in [9.17, 15) is 0 Å². The van der Waals surface area contributed by atoms with Crippen LogP contribution in [-0.4, -0.2) is 18.0 Å². The highest BCUT2D eigenvalue weighted by Crippen LogP contribution is 2.28. The second-order valence-corrected chi connectivity index (χ2v) is 5.02. The molecule has 0 radical (unpaired) electrons. The number of nitrogens with two attached hydrogens (primary N) is 1. The zero-order valence-electron chi connectivity index (χ0n) is 10.8. The summed E-state index contributed by atoms with van der Waals surface area (Å²) in [6, 6.07) is 0.802. The van der Waals surface area contributed by atoms with Crippen LogP contribution >= 0.6 is 0 Å². The lowest BCUT2D eigenvalue weighted by molar-refractivity contribution is 0.315. The quantitative estimate of drug-likeness (QED) is 0.297. The molecule has 1 aliphatic carbocycles. The fourth-order valence-electron chi connectivity index (χ4n) is 2.32. The summed E-state index contributed by atoms with van der Waals surface area (Å²) in [5.41, 5.74) is 2.65. The van der Waals surface area contributed by atoms with Gasteiger partial charge in [0.2, 0.25) is 5.96 Å². The number of rotatable bonds is 3. The first-order valence-corrected chi connectivity index (χ1v) is 6.46. The molecule has 4 N–H and O–H groups in total. The summed E-state index contributed by atoms with van der Waals surface area (Å²) in [5, 5.41) is 3.22. The van der Waals surface area contributed by atoms with Gasteiger partial charge in [-0.3, -0.25) is 5.43 Å². The molecule has 4 nitrogen and oxygen atoms in total. The maximum atomic E-state index is 5.46. The second-order valence-electron chi connectivity index (χ2n) is 5.02. The van der Waals surface area contributed by atoms with Crippen molar-refractivity contribution < 1.29 is 0 Å². The minimum Gasteiger partial charge on any atom is -0.353 e. The molecule has 0 saturated heterocycles. The Morgan fingerprint density at radius 1 is 1.44 bits per heavy atom. The number of aliphatic imine (C=N–C) groups is 1. The van der Waals surface area contributed by atoms with Crippen molar-refractivity contribution in [2.75, 3.05) is 0 Å². The van der Waals surface area contributed by atoms with Crippen LogP contribution in [0.1, 0.15) is 52.9 Å². The van der Waals surface area contributed by atoms with E-state index in [1.807, 2.05) is 0 Å². The van der Waals surface area contributed by atoms with Gasteiger partial charge in [0.1, 0.15) is 0 Å². The van der Waals surface area contributed by atoms with Crippen LogP contribution in [-0.2, 0) is 0 Å². The van der Waals surface area contributed by atoms with E-state index in [2.05, 4.69) is 36.5 Å². The molecule has 0 heterocycles. The van der Waals surface area contributed by atoms with Gasteiger partial charge >= 0.3 is 0 Å². The van der Waals surface area contributed by atoms with Gasteiger partial charge in [-0.1, -0.05) is 26.2 Å². The number of hydrogen-bond donors (Lipinski definition) is 3. The van der Waals surface area contributed by atoms with Gasteiger partial charge in [-0.15, -0.1) is 0 Å². The van der Waals surface area contributed by atoms with Crippen molar-refractivity contribution in [1.29, 1.82) is 0 Å². The number of hydrazine groups is 1. The van der Waals surface area contributed by atoms with E-state index in [0.717, 1.165) is 11.9 Å². The van der Waals surface area contributed by atoms with Gasteiger partial charge in [-0.05, 0) is 32.6 Å². The second kappa shape index (κ2) is 6.74. The maximum Gasteiger partial charge on any atom is 0.206 e. The number of nitrogens with zero attached hydrogens (tertiary/aromatic N) is 1. The van der Waals surface area contributed by atoms with E-state index in [0.29, 0.717) is 12.1 Å². The highest BCUT2D eigenvalue weighted by Gasteiger charge is 2.20. The van der Waals surface area contributed by atoms with E-state index < -0.39 is 0 Å². The van der Waals surface area contributed by atoms with Crippen LogP contribution in [0.2, 0.25) is 0 Å². The maximum absolute atomic E-state index is 5.46. The van der Waals surface area contributed by atoms with Gasteiger partial charge in [-0.2, -0.15) is 0 Å². The van der Waals surface area contributed by atoms with E-state index >= 15 is 0 Å². The Hall–Kier alpha value is -0.770. The smallest absolute Gasteiger partial charge is 0.206 e. The molecular weight excluding hydrogens is 200 g/mol. The highest BCUT2D eigenvalue weighted by molar-refractivity contribution is 5.79. The summed E-state index contributed by atoms with van der Waals surface area (Å²) in [4.78, 5) is 4.66. The molecule has 0 aromatic carbocycles. The zero-order valence-corrected chi connectivity index (χ0v) is 10.8. The first-order valence-electron chi connectivity index (χ1n) is 6.46. The van der Waals surface area contributed by atoms with Gasteiger partial charge in [0.05, 0.1) is 6.04 Å². The number of hydrogen-bond acceptors (Lipinski definition) is 2. The average Bonchev–Trinajstić information content (AvgIpc) is 2.28. The third-order valence-electron chi connectivity index (χ3n) is 3.21. The normalized spacial score (nSPS) is 26.9. The summed E-state index contributed by atoms with van der Waals surface area (Å²) >= 11 is 0. The molecular formula is C12H26N4. The number of guanidine groups is 1. The standard InChI is InChI=1S/C12H26N4/c1-4-10-6-5-7-11(8-10)15-12(16-13)14-9(2)3/h9-11H,4-8,13H2,1-3H3,(H2,14,15,16). The molecule has 4 heteroatoms. The minimum atomic E-state index is 0.361. The Morgan fingerprint density at radius 3 is 2.75 bits per heavy atom. The molecule has 16 heavy (non-hydrogen) atoms. The zero-order chi connectivity index (χ0) is 12.0. The van der Waals surface area contributed by atoms with Crippen molar-refractivity contribution in [2.45, 2.75) is 65.0 Å². The molecule has 0 aliphatic heterocycles. The van der Waals surface area contributed by atoms with Crippen molar-refractivity contribution in [1.82, 2.24) is 10.7 Å². The Balaban J connectivity index is 2.51. The average molecular weight is 226 g/mol. The van der Waals surface area contributed by atoms with Crippen LogP contribution in [0.3, 0.4) is 0 Å². The van der Waals surface area contributed by atoms with Gasteiger partial charge in [0.25, 0.3) is 0 Å². The molecule has 1 saturated carbocycles. The van der Waals surface area contributed by atoms with Crippen molar-refractivity contribution in [3.8, 4) is 0 Å². The van der Waals surface area contributed by atoms with Crippen molar-refractivity contribution in [2.24, 2.45) is 16.8 Å². The third kappa shape index (κ3) is 4.39. The predicted molar refractivity (Wildman–Crippen MR) is 69.1 cm³/mol. The Kier molecular flexibility index (Phi) is 5.60. The Bertz CT molecular complexity index is 225. The lowest BCUT2D eigenvalue weighted by Crippen LogP contribution is -2.45. The summed E-state index contributed by atoms with van der Waals surface area (Å²) in [6.07, 6.45) is 6.34. The molecule has 1 rings (SSSR count). The summed E-state index contributed by atoms with van der Waals surface area (Å²) in [7, 11) is 0. The molecule has 1 fully saturated rings. The third-order valence-corrected chi connectivity index (χ3v) is 3.21. The van der Waals surface area contributed by atoms with E-state index in [4.69, 9.17) is 5.84 Å². The minimum absolute atomic E-state index is 0.361. The van der Waals surface area contributed by atoms with E-state index in [1.165, 1.54) is 32.1 Å². The highest BCUT2D eigenvalue weighted by atomic mass is 15.3. The summed E-state index contributed by atoms with van der Waals surface area (Å²) in [6.45, 7) is 6.44. The van der Waals surface area contributed by atoms with Crippen LogP contribution in [0.4, 0.5) is 0 Å². The van der Waals surface area contributed by atoms with Crippen LogP contribution in [0.15, 0.2) is 4.99 Å². The molecule has 2 atom stereocenters. The van der Waals surface area contributed by atoms with Crippen molar-refractivity contribution in [3.05, 3.63) is 0 Å². The van der Waals surface area contributed by atoms with Crippen molar-refractivity contribution in [3.63, 3.8) is 0 Å². The predicted octanol–water partition coefficient (Wildman–Crippen LogP) is 1.77. The Morgan fingerprint density at radius 2 is 2.19 bits per heavy atom. The molecule has 0 aromatic heterocycles. The summed E-state index contributed by atoms with van der Waals surface area (Å²) < 4.78 is 0. The van der Waals surface area contributed by atoms with Gasteiger partial charge in [0, 0.05) is 6.04 Å². The molecule has 94 valence electrons. The topological polar surface area (TPSA) is 62.4 Å². The number of nitrogens with one attached hydrogen (secondary N) is 2. The van der Waals surface area contributed by atoms with Gasteiger partial charge < -0.3 is 5.32 Å². The molecule has 0 amide bonds. The lowest BCUT2D eigenvalue weighted by atomic mass is 9.84. The SMILES string of the molecule is CCC1CCCC(N=C(NN)NC(C)C)C1. The monoisotopic (exact) mass is 226 g/mol. The fraction of sp³-hybridized carbons (Fsp3) is 0.917. The molecule has 0 spiro atoms. The van der Waals surface area contributed by atoms with Gasteiger partial charge in [-0.25, -0.2) is 10.8 Å². The lowest BCUT2D eigenvalue weighted by Gasteiger charge is -2.26. The fourth-order valence-corrected chi connectivity index (χ4v) is 2.32. The van der Waals surface area contributed by atoms with Crippen LogP contribution < -0.4 is 16.6 Å². The van der Waals surface area contributed by atoms with Crippen LogP contribution in [0.5, 0.6) is 0 Å². The van der Waals surface area contributed by atoms with Crippen LogP contribution in [0, 0.1) is 5.92 Å². The first-order chi connectivity index (χ1) is 7.65. The first kappa shape index (κ1) is 13.3. The largest absolute Gasteiger partial charge is 0.353 e. The molecule has 2 unspecified atom stereocenters. The van der Waals surface area contributed by atoms with E-state index in [1.54, 1.807) is 0 Å². The van der Waals surface area contributed by atoms with Crippen molar-refractivity contribution >= 4 is 5.96 Å². The Labute approximate surface area is 99.1 Å². The van der Waals surface area contributed by atoms with Crippen LogP contribution in [0.25, 0.3) is 0 Å². The van der Waals surface area contributed by atoms with E-state index in [-0.39, 0.29) is 0 Å². The molecule has 0 bridgehead atoms. The summed E-state index contributed by atoms with van der Waals surface area (Å²) in [5.74, 6) is 7.04. The molecule has 0 aromatic rings. The van der Waals surface area contributed by atoms with Gasteiger partial charge in [0.15, 0.2) is 0 Å².